The lowest BCUT2D eigenvalue weighted by Gasteiger charge is -2.09. The highest BCUT2D eigenvalue weighted by atomic mass is 32.2. The van der Waals surface area contributed by atoms with Crippen molar-refractivity contribution in [3.8, 4) is 0 Å². The number of nitrogens with zero attached hydrogens (tertiary/aromatic N) is 2. The van der Waals surface area contributed by atoms with Gasteiger partial charge in [-0.2, -0.15) is 0 Å². The Kier molecular flexibility index (Phi) is 4.60. The van der Waals surface area contributed by atoms with Gasteiger partial charge in [-0.1, -0.05) is 17.8 Å². The molecule has 0 saturated heterocycles. The van der Waals surface area contributed by atoms with Crippen molar-refractivity contribution in [1.82, 2.24) is 20.5 Å². The van der Waals surface area contributed by atoms with Gasteiger partial charge in [0, 0.05) is 17.3 Å². The number of nitrogens with one attached hydrogen (secondary N) is 2. The number of amides is 1. The number of aromatic nitrogens is 3. The molecule has 1 fully saturated rings. The van der Waals surface area contributed by atoms with Gasteiger partial charge in [0.1, 0.15) is 5.82 Å². The molecule has 1 saturated carbocycles. The summed E-state index contributed by atoms with van der Waals surface area (Å²) in [6.45, 7) is 2.56. The van der Waals surface area contributed by atoms with Crippen LogP contribution in [0.25, 0.3) is 0 Å². The van der Waals surface area contributed by atoms with Gasteiger partial charge < -0.3 is 5.32 Å². The number of carbonyl (C=O) groups excluding carboxylic acids is 1. The van der Waals surface area contributed by atoms with Gasteiger partial charge >= 0.3 is 0 Å². The molecule has 21 heavy (non-hydrogen) atoms. The fourth-order valence-corrected chi connectivity index (χ4v) is 3.43. The van der Waals surface area contributed by atoms with E-state index in [0.717, 1.165) is 12.2 Å². The molecule has 1 atom stereocenters. The maximum Gasteiger partial charge on any atom is 0.233 e. The van der Waals surface area contributed by atoms with E-state index in [0.29, 0.717) is 17.6 Å². The Balaban J connectivity index is 1.42. The number of hydrogen-bond donors (Lipinski definition) is 2. The maximum atomic E-state index is 12.0. The lowest BCUT2D eigenvalue weighted by atomic mass is 10.3. The minimum Gasteiger partial charge on any atom is -0.355 e. The van der Waals surface area contributed by atoms with E-state index in [1.807, 2.05) is 13.0 Å². The number of hydrogen-bond acceptors (Lipinski definition) is 5. The lowest BCUT2D eigenvalue weighted by molar-refractivity contribution is -0.120. The molecule has 5 nitrogen and oxygen atoms in total. The minimum atomic E-state index is -0.184. The third-order valence-electron chi connectivity index (χ3n) is 3.35. The molecule has 1 amide bonds. The molecular formula is C14H18N4OS2. The van der Waals surface area contributed by atoms with E-state index in [9.17, 15) is 4.79 Å². The largest absolute Gasteiger partial charge is 0.355 e. The van der Waals surface area contributed by atoms with Crippen molar-refractivity contribution in [3.63, 3.8) is 0 Å². The van der Waals surface area contributed by atoms with Crippen molar-refractivity contribution in [2.24, 2.45) is 0 Å². The zero-order valence-corrected chi connectivity index (χ0v) is 13.5. The Hall–Kier alpha value is -1.34. The summed E-state index contributed by atoms with van der Waals surface area (Å²) in [7, 11) is 0. The van der Waals surface area contributed by atoms with Gasteiger partial charge in [0.2, 0.25) is 11.1 Å². The third kappa shape index (κ3) is 4.07. The summed E-state index contributed by atoms with van der Waals surface area (Å²) in [6.07, 6.45) is 3.27. The van der Waals surface area contributed by atoms with Crippen LogP contribution in [-0.4, -0.2) is 32.9 Å². The molecule has 0 bridgehead atoms. The van der Waals surface area contributed by atoms with Crippen molar-refractivity contribution < 1.29 is 4.79 Å². The number of thiophene rings is 1. The molecule has 2 N–H and O–H groups in total. The quantitative estimate of drug-likeness (QED) is 0.769. The average molecular weight is 322 g/mol. The molecule has 1 aliphatic rings. The number of thioether (sulfide) groups is 1. The summed E-state index contributed by atoms with van der Waals surface area (Å²) in [5.41, 5.74) is 0. The highest BCUT2D eigenvalue weighted by Crippen LogP contribution is 2.38. The fourth-order valence-electron chi connectivity index (χ4n) is 1.97. The SMILES string of the molecule is CC(Sc1n[nH]c(C2CC2)n1)C(=O)NCCc1cccs1. The van der Waals surface area contributed by atoms with Crippen LogP contribution in [0.5, 0.6) is 0 Å². The summed E-state index contributed by atoms with van der Waals surface area (Å²) in [5, 5.41) is 12.6. The summed E-state index contributed by atoms with van der Waals surface area (Å²) in [4.78, 5) is 17.8. The van der Waals surface area contributed by atoms with Crippen LogP contribution in [0.15, 0.2) is 22.7 Å². The number of carbonyl (C=O) groups is 1. The second kappa shape index (κ2) is 6.62. The molecule has 0 aromatic carbocycles. The van der Waals surface area contributed by atoms with Crippen molar-refractivity contribution in [3.05, 3.63) is 28.2 Å². The first-order chi connectivity index (χ1) is 10.2. The van der Waals surface area contributed by atoms with E-state index in [-0.39, 0.29) is 11.2 Å². The molecule has 2 aromatic heterocycles. The first-order valence-electron chi connectivity index (χ1n) is 7.11. The van der Waals surface area contributed by atoms with Gasteiger partial charge in [0.15, 0.2) is 0 Å². The predicted molar refractivity (Wildman–Crippen MR) is 84.7 cm³/mol. The second-order valence-corrected chi connectivity index (χ2v) is 7.50. The fraction of sp³-hybridized carbons (Fsp3) is 0.500. The van der Waals surface area contributed by atoms with Gasteiger partial charge in [-0.15, -0.1) is 16.4 Å². The van der Waals surface area contributed by atoms with Crippen LogP contribution in [-0.2, 0) is 11.2 Å². The van der Waals surface area contributed by atoms with Crippen LogP contribution < -0.4 is 5.32 Å². The number of H-pyrrole nitrogens is 1. The van der Waals surface area contributed by atoms with E-state index < -0.39 is 0 Å². The van der Waals surface area contributed by atoms with Crippen molar-refractivity contribution in [2.45, 2.75) is 42.5 Å². The Morgan fingerprint density at radius 1 is 1.62 bits per heavy atom. The summed E-state index contributed by atoms with van der Waals surface area (Å²) in [6, 6.07) is 4.11. The first-order valence-corrected chi connectivity index (χ1v) is 8.87. The maximum absolute atomic E-state index is 12.0. The van der Waals surface area contributed by atoms with E-state index in [2.05, 4.69) is 31.9 Å². The molecule has 3 rings (SSSR count). The molecule has 7 heteroatoms. The molecule has 112 valence electrons. The molecule has 2 aromatic rings. The van der Waals surface area contributed by atoms with Crippen molar-refractivity contribution in [1.29, 1.82) is 0 Å². The molecule has 0 radical (unpaired) electrons. The van der Waals surface area contributed by atoms with Gasteiger partial charge in [-0.25, -0.2) is 4.98 Å². The Morgan fingerprint density at radius 3 is 3.19 bits per heavy atom. The summed E-state index contributed by atoms with van der Waals surface area (Å²) < 4.78 is 0. The highest BCUT2D eigenvalue weighted by molar-refractivity contribution is 8.00. The average Bonchev–Trinajstić information content (AvgIpc) is 2.99. The number of rotatable bonds is 7. The van der Waals surface area contributed by atoms with Crippen LogP contribution in [0, 0.1) is 0 Å². The zero-order valence-electron chi connectivity index (χ0n) is 11.8. The van der Waals surface area contributed by atoms with E-state index in [1.54, 1.807) is 11.3 Å². The van der Waals surface area contributed by atoms with Crippen LogP contribution in [0.1, 0.15) is 36.4 Å². The standard InChI is InChI=1S/C14H18N4OS2/c1-9(13(19)15-7-6-11-3-2-8-20-11)21-14-16-12(17-18-14)10-4-5-10/h2-3,8-10H,4-7H2,1H3,(H,15,19)(H,16,17,18). The molecule has 0 aliphatic heterocycles. The van der Waals surface area contributed by atoms with Crippen LogP contribution in [0.2, 0.25) is 0 Å². The lowest BCUT2D eigenvalue weighted by Crippen LogP contribution is -2.32. The Labute approximate surface area is 131 Å². The summed E-state index contributed by atoms with van der Waals surface area (Å²) in [5.74, 6) is 1.55. The van der Waals surface area contributed by atoms with Gasteiger partial charge in [0.05, 0.1) is 5.25 Å². The second-order valence-electron chi connectivity index (χ2n) is 5.16. The zero-order chi connectivity index (χ0) is 14.7. The monoisotopic (exact) mass is 322 g/mol. The topological polar surface area (TPSA) is 70.7 Å². The van der Waals surface area contributed by atoms with E-state index >= 15 is 0 Å². The minimum absolute atomic E-state index is 0.0364. The van der Waals surface area contributed by atoms with Crippen LogP contribution in [0.3, 0.4) is 0 Å². The molecule has 1 aliphatic carbocycles. The van der Waals surface area contributed by atoms with Gasteiger partial charge in [-0.05, 0) is 37.6 Å². The van der Waals surface area contributed by atoms with Gasteiger partial charge in [-0.3, -0.25) is 9.89 Å². The highest BCUT2D eigenvalue weighted by Gasteiger charge is 2.27. The Bertz CT molecular complexity index is 592. The Morgan fingerprint density at radius 2 is 2.48 bits per heavy atom. The van der Waals surface area contributed by atoms with E-state index in [4.69, 9.17) is 0 Å². The smallest absolute Gasteiger partial charge is 0.233 e. The predicted octanol–water partition coefficient (Wildman–Crippen LogP) is 2.58. The van der Waals surface area contributed by atoms with E-state index in [1.165, 1.54) is 29.5 Å². The molecule has 2 heterocycles. The normalized spacial score (nSPS) is 15.9. The molecule has 0 spiro atoms. The van der Waals surface area contributed by atoms with Crippen molar-refractivity contribution >= 4 is 29.0 Å². The van der Waals surface area contributed by atoms with Crippen LogP contribution >= 0.6 is 23.1 Å². The van der Waals surface area contributed by atoms with Crippen molar-refractivity contribution in [2.75, 3.05) is 6.54 Å². The molecular weight excluding hydrogens is 304 g/mol. The van der Waals surface area contributed by atoms with Crippen LogP contribution in [0.4, 0.5) is 0 Å². The van der Waals surface area contributed by atoms with Gasteiger partial charge in [0.25, 0.3) is 0 Å². The third-order valence-corrected chi connectivity index (χ3v) is 5.25. The molecule has 1 unspecified atom stereocenters. The summed E-state index contributed by atoms with van der Waals surface area (Å²) >= 11 is 3.12. The number of aromatic amines is 1. The first kappa shape index (κ1) is 14.6.